The van der Waals surface area contributed by atoms with Gasteiger partial charge in [0.05, 0.1) is 0 Å². The van der Waals surface area contributed by atoms with Gasteiger partial charge in [-0.1, -0.05) is 54.6 Å². The van der Waals surface area contributed by atoms with E-state index in [1.165, 1.54) is 49.0 Å². The van der Waals surface area contributed by atoms with Gasteiger partial charge in [-0.25, -0.2) is 0 Å². The van der Waals surface area contributed by atoms with Crippen LogP contribution in [0.25, 0.3) is 76.8 Å². The van der Waals surface area contributed by atoms with Crippen LogP contribution in [0.15, 0.2) is 140 Å². The fourth-order valence-electron chi connectivity index (χ4n) is 6.03. The van der Waals surface area contributed by atoms with Gasteiger partial charge < -0.3 is 0 Å². The Balaban J connectivity index is 1.42. The molecule has 0 aliphatic carbocycles. The molecule has 0 aliphatic heterocycles. The summed E-state index contributed by atoms with van der Waals surface area (Å²) in [4.78, 5) is 12.9. The maximum absolute atomic E-state index is 4.38. The van der Waals surface area contributed by atoms with Crippen molar-refractivity contribution in [2.75, 3.05) is 0 Å². The van der Waals surface area contributed by atoms with Crippen LogP contribution in [-0.2, 0) is 0 Å². The van der Waals surface area contributed by atoms with E-state index in [2.05, 4.69) is 112 Å². The smallest absolute Gasteiger partial charge is 0.0346 e. The zero-order chi connectivity index (χ0) is 26.5. The van der Waals surface area contributed by atoms with Gasteiger partial charge in [-0.05, 0) is 120 Å². The number of benzene rings is 5. The van der Waals surface area contributed by atoms with E-state index in [4.69, 9.17) is 0 Å². The summed E-state index contributed by atoms with van der Waals surface area (Å²) >= 11 is 0. The Morgan fingerprint density at radius 1 is 0.350 bits per heavy atom. The first-order valence-corrected chi connectivity index (χ1v) is 13.4. The van der Waals surface area contributed by atoms with E-state index < -0.39 is 0 Å². The Bertz CT molecular complexity index is 2080. The van der Waals surface area contributed by atoms with Gasteiger partial charge in [-0.3, -0.25) is 15.0 Å². The first kappa shape index (κ1) is 22.6. The molecule has 0 radical (unpaired) electrons. The molecule has 3 aromatic heterocycles. The van der Waals surface area contributed by atoms with Crippen molar-refractivity contribution in [1.82, 2.24) is 15.0 Å². The molecule has 5 aromatic carbocycles. The van der Waals surface area contributed by atoms with E-state index in [1.807, 2.05) is 43.2 Å². The first-order chi connectivity index (χ1) is 19.8. The molecule has 0 saturated heterocycles. The minimum atomic E-state index is 1.13. The molecule has 8 rings (SSSR count). The molecule has 3 nitrogen and oxygen atoms in total. The van der Waals surface area contributed by atoms with Gasteiger partial charge in [0.15, 0.2) is 0 Å². The second kappa shape index (κ2) is 9.11. The fourth-order valence-corrected chi connectivity index (χ4v) is 6.03. The Morgan fingerprint density at radius 2 is 0.850 bits per heavy atom. The molecule has 0 aliphatic rings. The molecule has 0 saturated carbocycles. The summed E-state index contributed by atoms with van der Waals surface area (Å²) in [5, 5.41) is 7.62. The molecule has 3 heterocycles. The molecule has 8 aromatic rings. The number of hydrogen-bond acceptors (Lipinski definition) is 3. The van der Waals surface area contributed by atoms with Crippen molar-refractivity contribution in [3.63, 3.8) is 0 Å². The van der Waals surface area contributed by atoms with E-state index in [0.717, 1.165) is 27.8 Å². The molecule has 186 valence electrons. The topological polar surface area (TPSA) is 38.7 Å². The molecule has 0 bridgehead atoms. The maximum atomic E-state index is 4.38. The highest BCUT2D eigenvalue weighted by Crippen LogP contribution is 2.43. The molecule has 0 fully saturated rings. The standard InChI is InChI=1S/C37H23N3/c1-2-28(23-40-15-1)32-7-5-26-3-4-27-6-8-33(35-10-9-34(32)36(26)37(27)35)31-21-29(24-11-16-38-17-12-24)20-30(22-31)25-13-18-39-19-14-25/h1-23H. The highest BCUT2D eigenvalue weighted by molar-refractivity contribution is 6.27. The largest absolute Gasteiger partial charge is 0.265 e. The zero-order valence-electron chi connectivity index (χ0n) is 21.6. The molecular weight excluding hydrogens is 486 g/mol. The zero-order valence-corrected chi connectivity index (χ0v) is 21.6. The third kappa shape index (κ3) is 3.63. The van der Waals surface area contributed by atoms with Gasteiger partial charge >= 0.3 is 0 Å². The van der Waals surface area contributed by atoms with Crippen LogP contribution in [0.4, 0.5) is 0 Å². The monoisotopic (exact) mass is 509 g/mol. The molecular formula is C37H23N3. The van der Waals surface area contributed by atoms with Crippen LogP contribution in [0.5, 0.6) is 0 Å². The Kier molecular flexibility index (Phi) is 5.14. The fraction of sp³-hybridized carbons (Fsp3) is 0. The van der Waals surface area contributed by atoms with Crippen molar-refractivity contribution in [1.29, 1.82) is 0 Å². The van der Waals surface area contributed by atoms with E-state index in [9.17, 15) is 0 Å². The van der Waals surface area contributed by atoms with Crippen molar-refractivity contribution in [3.8, 4) is 44.5 Å². The summed E-state index contributed by atoms with van der Waals surface area (Å²) in [6.45, 7) is 0. The van der Waals surface area contributed by atoms with E-state index in [1.54, 1.807) is 0 Å². The van der Waals surface area contributed by atoms with Gasteiger partial charge in [0.2, 0.25) is 0 Å². The molecule has 0 amide bonds. The third-order valence-corrected chi connectivity index (χ3v) is 7.91. The normalized spacial score (nSPS) is 11.5. The predicted octanol–water partition coefficient (Wildman–Crippen LogP) is 9.44. The van der Waals surface area contributed by atoms with Crippen molar-refractivity contribution in [3.05, 3.63) is 140 Å². The van der Waals surface area contributed by atoms with Gasteiger partial charge in [0.1, 0.15) is 0 Å². The summed E-state index contributed by atoms with van der Waals surface area (Å²) in [5.74, 6) is 0. The first-order valence-electron chi connectivity index (χ1n) is 13.4. The van der Waals surface area contributed by atoms with Crippen LogP contribution in [0.3, 0.4) is 0 Å². The number of pyridine rings is 3. The quantitative estimate of drug-likeness (QED) is 0.222. The number of hydrogen-bond donors (Lipinski definition) is 0. The minimum absolute atomic E-state index is 1.13. The van der Waals surface area contributed by atoms with Gasteiger partial charge in [0.25, 0.3) is 0 Å². The summed E-state index contributed by atoms with van der Waals surface area (Å²) in [5.41, 5.74) is 9.36. The summed E-state index contributed by atoms with van der Waals surface area (Å²) in [6, 6.07) is 37.3. The number of rotatable bonds is 4. The summed E-state index contributed by atoms with van der Waals surface area (Å²) < 4.78 is 0. The third-order valence-electron chi connectivity index (χ3n) is 7.91. The van der Waals surface area contributed by atoms with Crippen LogP contribution in [0.1, 0.15) is 0 Å². The molecule has 0 N–H and O–H groups in total. The van der Waals surface area contributed by atoms with Gasteiger partial charge in [0, 0.05) is 42.7 Å². The predicted molar refractivity (Wildman–Crippen MR) is 165 cm³/mol. The van der Waals surface area contributed by atoms with Crippen molar-refractivity contribution in [2.45, 2.75) is 0 Å². The SMILES string of the molecule is c1cncc(-c2ccc3ccc4ccc(-c5cc(-c6ccncc6)cc(-c6ccncc6)c5)c5ccc2c3c45)c1. The molecule has 3 heteroatoms. The van der Waals surface area contributed by atoms with E-state index >= 15 is 0 Å². The van der Waals surface area contributed by atoms with Crippen molar-refractivity contribution in [2.24, 2.45) is 0 Å². The van der Waals surface area contributed by atoms with Crippen LogP contribution in [0.2, 0.25) is 0 Å². The van der Waals surface area contributed by atoms with Crippen molar-refractivity contribution < 1.29 is 0 Å². The van der Waals surface area contributed by atoms with Gasteiger partial charge in [-0.15, -0.1) is 0 Å². The Hall–Kier alpha value is -5.41. The lowest BCUT2D eigenvalue weighted by atomic mass is 9.86. The van der Waals surface area contributed by atoms with Crippen LogP contribution in [0, 0.1) is 0 Å². The second-order valence-corrected chi connectivity index (χ2v) is 10.2. The summed E-state index contributed by atoms with van der Waals surface area (Å²) in [7, 11) is 0. The lowest BCUT2D eigenvalue weighted by Gasteiger charge is -2.17. The molecule has 0 spiro atoms. The highest BCUT2D eigenvalue weighted by Gasteiger charge is 2.16. The molecule has 40 heavy (non-hydrogen) atoms. The number of aromatic nitrogens is 3. The van der Waals surface area contributed by atoms with Crippen LogP contribution >= 0.6 is 0 Å². The lowest BCUT2D eigenvalue weighted by Crippen LogP contribution is -1.91. The highest BCUT2D eigenvalue weighted by atomic mass is 14.6. The second-order valence-electron chi connectivity index (χ2n) is 10.2. The minimum Gasteiger partial charge on any atom is -0.265 e. The average Bonchev–Trinajstić information content (AvgIpc) is 3.04. The lowest BCUT2D eigenvalue weighted by molar-refractivity contribution is 1.33. The average molecular weight is 510 g/mol. The Morgan fingerprint density at radius 3 is 1.38 bits per heavy atom. The van der Waals surface area contributed by atoms with Crippen LogP contribution in [-0.4, -0.2) is 15.0 Å². The van der Waals surface area contributed by atoms with Crippen molar-refractivity contribution >= 4 is 32.3 Å². The van der Waals surface area contributed by atoms with Gasteiger partial charge in [-0.2, -0.15) is 0 Å². The van der Waals surface area contributed by atoms with E-state index in [0.29, 0.717) is 0 Å². The van der Waals surface area contributed by atoms with Crippen LogP contribution < -0.4 is 0 Å². The summed E-state index contributed by atoms with van der Waals surface area (Å²) in [6.07, 6.45) is 11.2. The molecule has 0 unspecified atom stereocenters. The Labute approximate surface area is 231 Å². The van der Waals surface area contributed by atoms with E-state index in [-0.39, 0.29) is 0 Å². The molecule has 0 atom stereocenters. The number of nitrogens with zero attached hydrogens (tertiary/aromatic N) is 3. The maximum Gasteiger partial charge on any atom is 0.0346 e.